The van der Waals surface area contributed by atoms with E-state index in [1.54, 1.807) is 0 Å². The Morgan fingerprint density at radius 1 is 1.75 bits per heavy atom. The lowest BCUT2D eigenvalue weighted by atomic mass is 12.9. The Morgan fingerprint density at radius 3 is 2.00 bits per heavy atom. The van der Waals surface area contributed by atoms with Gasteiger partial charge in [0.2, 0.25) is 0 Å². The number of azide groups is 1. The summed E-state index contributed by atoms with van der Waals surface area (Å²) in [6.45, 7) is 0. The van der Waals surface area contributed by atoms with Crippen LogP contribution in [0.1, 0.15) is 0 Å². The second kappa shape index (κ2) is 2.11. The van der Waals surface area contributed by atoms with Crippen LogP contribution in [0.4, 0.5) is 0 Å². The minimum Gasteiger partial charge on any atom is -0.348 e. The van der Waals surface area contributed by atoms with E-state index in [2.05, 4.69) is 0 Å². The van der Waals surface area contributed by atoms with Crippen molar-refractivity contribution in [2.75, 3.05) is 0 Å². The summed E-state index contributed by atoms with van der Waals surface area (Å²) in [7, 11) is 0. The monoisotopic (exact) mass is 59.0 g/mol. The predicted octanol–water partition coefficient (Wildman–Crippen LogP) is 0.0217. The molecule has 4 heavy (non-hydrogen) atoms. The SMILES string of the molecule is [N-]=[N+]=[N+]O. The van der Waals surface area contributed by atoms with Crippen molar-refractivity contribution in [3.8, 4) is 0 Å². The van der Waals surface area contributed by atoms with Crippen LogP contribution in [0.25, 0.3) is 10.4 Å². The molecule has 0 aromatic carbocycles. The summed E-state index contributed by atoms with van der Waals surface area (Å²) in [5, 5.41) is 9.00. The van der Waals surface area contributed by atoms with Crippen molar-refractivity contribution in [1.82, 2.24) is 5.28 Å². The van der Waals surface area contributed by atoms with Crippen LogP contribution in [0.5, 0.6) is 0 Å². The van der Waals surface area contributed by atoms with E-state index >= 15 is 0 Å². The third-order valence-corrected chi connectivity index (χ3v) is 0.0400. The van der Waals surface area contributed by atoms with Crippen molar-refractivity contribution in [2.45, 2.75) is 0 Å². The highest BCUT2D eigenvalue weighted by atomic mass is 16.4. The van der Waals surface area contributed by atoms with Crippen LogP contribution in [0.3, 0.4) is 0 Å². The minimum absolute atomic E-state index is 1.92. The molecule has 0 bridgehead atoms. The highest BCUT2D eigenvalue weighted by Crippen LogP contribution is 1.26. The van der Waals surface area contributed by atoms with E-state index < -0.39 is 0 Å². The molecule has 0 atom stereocenters. The molecule has 0 aromatic heterocycles. The summed E-state index contributed by atoms with van der Waals surface area (Å²) in [6, 6.07) is 0. The fraction of sp³-hybridized carbons (Fsp3) is 0. The molecule has 0 aliphatic carbocycles. The van der Waals surface area contributed by atoms with Gasteiger partial charge in [0, 0.05) is 0 Å². The van der Waals surface area contributed by atoms with Crippen LogP contribution in [-0.2, 0) is 0 Å². The Kier molecular flexibility index (Phi) is 1.64. The molecular weight excluding hydrogens is 58.0 g/mol. The average Bonchev–Trinajstić information content (AvgIpc) is 1.37. The molecule has 1 N–H and O–H groups in total. The zero-order chi connectivity index (χ0) is 3.41. The summed E-state index contributed by atoms with van der Waals surface area (Å²) in [5.41, 5.74) is 7.08. The second-order valence-corrected chi connectivity index (χ2v) is 0.179. The topological polar surface area (TPSA) is 70.7 Å². The van der Waals surface area contributed by atoms with Gasteiger partial charge in [-0.3, -0.25) is 0 Å². The fourth-order valence-corrected chi connectivity index (χ4v) is 0. The van der Waals surface area contributed by atoms with Gasteiger partial charge in [0.1, 0.15) is 0 Å². The molecule has 0 aromatic rings. The molecule has 0 amide bonds. The molecule has 4 nitrogen and oxygen atoms in total. The van der Waals surface area contributed by atoms with Gasteiger partial charge in [-0.1, -0.05) is 0 Å². The summed E-state index contributed by atoms with van der Waals surface area (Å²) < 4.78 is 0. The van der Waals surface area contributed by atoms with Crippen LogP contribution < -0.4 is 5.28 Å². The molecule has 4 heteroatoms. The second-order valence-electron chi connectivity index (χ2n) is 0.179. The van der Waals surface area contributed by atoms with Crippen LogP contribution in [0.2, 0.25) is 0 Å². The Hall–Kier alpha value is -0.890. The molecule has 0 unspecified atom stereocenters. The van der Waals surface area contributed by atoms with Crippen molar-refractivity contribution in [3.05, 3.63) is 10.4 Å². The van der Waals surface area contributed by atoms with Gasteiger partial charge in [-0.2, -0.15) is 0 Å². The molecule has 0 saturated carbocycles. The van der Waals surface area contributed by atoms with Gasteiger partial charge in [0.15, 0.2) is 0 Å². The van der Waals surface area contributed by atoms with E-state index in [0.29, 0.717) is 0 Å². The van der Waals surface area contributed by atoms with Crippen LogP contribution >= 0.6 is 0 Å². The molecule has 0 rings (SSSR count). The maximum atomic E-state index is 7.08. The lowest BCUT2D eigenvalue weighted by Gasteiger charge is -1.21. The van der Waals surface area contributed by atoms with Gasteiger partial charge >= 0.3 is 10.8 Å². The Morgan fingerprint density at radius 2 is 2.00 bits per heavy atom. The Bertz CT molecular complexity index is 41.2. The van der Waals surface area contributed by atoms with Crippen molar-refractivity contribution < 1.29 is 5.21 Å². The lowest BCUT2D eigenvalue weighted by molar-refractivity contribution is 0.243. The van der Waals surface area contributed by atoms with Gasteiger partial charge in [-0.05, 0) is 0 Å². The first kappa shape index (κ1) is 3.11. The maximum Gasteiger partial charge on any atom is 0.359 e. The largest absolute Gasteiger partial charge is 0.359 e. The summed E-state index contributed by atoms with van der Waals surface area (Å²) in [6.07, 6.45) is 0. The van der Waals surface area contributed by atoms with Gasteiger partial charge in [0.05, 0.1) is 0 Å². The molecule has 21 valence electrons. The molecule has 0 aliphatic rings. The van der Waals surface area contributed by atoms with Crippen molar-refractivity contribution in [1.29, 1.82) is 0 Å². The summed E-state index contributed by atoms with van der Waals surface area (Å²) >= 11 is 0. The van der Waals surface area contributed by atoms with Gasteiger partial charge < -0.3 is 5.21 Å². The predicted molar refractivity (Wildman–Crippen MR) is 10.6 cm³/mol. The molecule has 0 aliphatic heterocycles. The summed E-state index contributed by atoms with van der Waals surface area (Å²) in [5.74, 6) is 0. The molecule has 0 fully saturated rings. The Balaban J connectivity index is 3.11. The molecule has 0 saturated heterocycles. The van der Waals surface area contributed by atoms with Crippen molar-refractivity contribution in [2.24, 2.45) is 0 Å². The first-order valence-corrected chi connectivity index (χ1v) is 0.600. The Labute approximate surface area is 22.3 Å². The first-order valence-electron chi connectivity index (χ1n) is 0.600. The number of hydrogen-bond acceptors (Lipinski definition) is 1. The number of hydrogen-bond donors (Lipinski definition) is 1. The molecular formula is HN3O+. The molecule has 0 spiro atoms. The van der Waals surface area contributed by atoms with E-state index in [4.69, 9.17) is 10.7 Å². The minimum atomic E-state index is 1.92. The highest BCUT2D eigenvalue weighted by molar-refractivity contribution is 4.22. The third kappa shape index (κ3) is 1.11. The summed E-state index contributed by atoms with van der Waals surface area (Å²) in [4.78, 5) is 1.92. The maximum absolute atomic E-state index is 7.08. The molecule has 1 radical (unpaired) electrons. The smallest absolute Gasteiger partial charge is 0.348 e. The highest BCUT2D eigenvalue weighted by Gasteiger charge is 1.52. The van der Waals surface area contributed by atoms with Gasteiger partial charge in [-0.15, -0.1) is 0 Å². The normalized spacial score (nSPS) is 4.00. The zero-order valence-corrected chi connectivity index (χ0v) is 1.79. The fourth-order valence-electron chi connectivity index (χ4n) is 0. The quantitative estimate of drug-likeness (QED) is 0.182. The van der Waals surface area contributed by atoms with E-state index in [-0.39, 0.29) is 0 Å². The standard InChI is InChI=1S/HN3O/c1-2-3-4/h4H/q+1. The van der Waals surface area contributed by atoms with E-state index in [0.717, 1.165) is 0 Å². The first-order chi connectivity index (χ1) is 1.91. The molecule has 0 heterocycles. The average molecular weight is 59.0 g/mol. The van der Waals surface area contributed by atoms with Gasteiger partial charge in [0.25, 0.3) is 4.91 Å². The number of rotatable bonds is 0. The zero-order valence-electron chi connectivity index (χ0n) is 1.79. The van der Waals surface area contributed by atoms with Crippen molar-refractivity contribution >= 4 is 0 Å². The van der Waals surface area contributed by atoms with Crippen LogP contribution in [-0.4, -0.2) is 5.21 Å². The van der Waals surface area contributed by atoms with Crippen molar-refractivity contribution in [3.63, 3.8) is 0 Å². The third-order valence-electron chi connectivity index (χ3n) is 0.0400. The van der Waals surface area contributed by atoms with Crippen LogP contribution in [0, 0.1) is 0 Å². The van der Waals surface area contributed by atoms with Gasteiger partial charge in [-0.25, -0.2) is 0 Å². The lowest BCUT2D eigenvalue weighted by Crippen LogP contribution is -1.57. The van der Waals surface area contributed by atoms with Crippen LogP contribution in [0.15, 0.2) is 0 Å². The number of nitrogens with zero attached hydrogens (tertiary/aromatic N) is 3. The van der Waals surface area contributed by atoms with E-state index in [9.17, 15) is 0 Å². The van der Waals surface area contributed by atoms with E-state index in [1.165, 1.54) is 0 Å². The van der Waals surface area contributed by atoms with E-state index in [1.807, 2.05) is 10.2 Å².